The molecule has 0 aliphatic carbocycles. The normalized spacial score (nSPS) is 12.2. The van der Waals surface area contributed by atoms with Crippen molar-refractivity contribution in [3.05, 3.63) is 126 Å². The van der Waals surface area contributed by atoms with E-state index in [0.29, 0.717) is 35.1 Å². The lowest BCUT2D eigenvalue weighted by Crippen LogP contribution is -2.37. The summed E-state index contributed by atoms with van der Waals surface area (Å²) in [4.78, 5) is 46.2. The Morgan fingerprint density at radius 3 is 2.00 bits per heavy atom. The van der Waals surface area contributed by atoms with Crippen LogP contribution in [0.4, 0.5) is 5.69 Å². The molecule has 0 saturated heterocycles. The van der Waals surface area contributed by atoms with Gasteiger partial charge in [-0.1, -0.05) is 105 Å². The zero-order valence-corrected chi connectivity index (χ0v) is 28.5. The number of aliphatic carboxylic acids is 1. The van der Waals surface area contributed by atoms with Crippen molar-refractivity contribution in [2.45, 2.75) is 51.2 Å². The Hall–Kier alpha value is -4.89. The number of anilines is 1. The fourth-order valence-electron chi connectivity index (χ4n) is 5.91. The average molecular weight is 664 g/mol. The van der Waals surface area contributed by atoms with Gasteiger partial charge in [-0.25, -0.2) is 14.6 Å². The predicted molar refractivity (Wildman–Crippen MR) is 191 cm³/mol. The first-order chi connectivity index (χ1) is 23.1. The summed E-state index contributed by atoms with van der Waals surface area (Å²) >= 11 is 1.49. The molecule has 8 nitrogen and oxygen atoms in total. The van der Waals surface area contributed by atoms with E-state index in [1.54, 1.807) is 36.1 Å². The second-order valence-electron chi connectivity index (χ2n) is 12.6. The summed E-state index contributed by atoms with van der Waals surface area (Å²) in [5, 5.41) is 10.9. The molecule has 1 amide bonds. The molecule has 248 valence electrons. The molecular formula is C39H41N3O5S. The molecule has 0 radical (unpaired) electrons. The molecule has 1 unspecified atom stereocenters. The minimum Gasteiger partial charge on any atom is -0.480 e. The van der Waals surface area contributed by atoms with Crippen LogP contribution >= 0.6 is 11.8 Å². The van der Waals surface area contributed by atoms with Gasteiger partial charge in [-0.05, 0) is 66.3 Å². The van der Waals surface area contributed by atoms with Crippen molar-refractivity contribution in [2.24, 2.45) is 5.41 Å². The molecule has 9 heteroatoms. The van der Waals surface area contributed by atoms with Crippen molar-refractivity contribution in [1.29, 1.82) is 0 Å². The molecule has 1 atom stereocenters. The van der Waals surface area contributed by atoms with Gasteiger partial charge in [-0.15, -0.1) is 0 Å². The first-order valence-electron chi connectivity index (χ1n) is 16.1. The number of carbonyl (C=O) groups excluding carboxylic acids is 2. The van der Waals surface area contributed by atoms with Gasteiger partial charge in [-0.3, -0.25) is 4.79 Å². The van der Waals surface area contributed by atoms with Crippen LogP contribution in [0.1, 0.15) is 67.6 Å². The quantitative estimate of drug-likeness (QED) is 0.0769. The number of fused-ring (bicyclic) bond motifs is 1. The lowest BCUT2D eigenvalue weighted by Gasteiger charge is -2.30. The van der Waals surface area contributed by atoms with E-state index < -0.39 is 29.3 Å². The molecule has 0 spiro atoms. The Morgan fingerprint density at radius 1 is 0.854 bits per heavy atom. The summed E-state index contributed by atoms with van der Waals surface area (Å²) in [6.07, 6.45) is 0.600. The zero-order valence-electron chi connectivity index (χ0n) is 27.7. The lowest BCUT2D eigenvalue weighted by atomic mass is 9.86. The number of ether oxygens (including phenoxy) is 1. The Labute approximate surface area is 285 Å². The second-order valence-corrected chi connectivity index (χ2v) is 13.6. The van der Waals surface area contributed by atoms with Crippen LogP contribution in [-0.4, -0.2) is 51.4 Å². The maximum atomic E-state index is 14.6. The van der Waals surface area contributed by atoms with Crippen molar-refractivity contribution in [2.75, 3.05) is 23.8 Å². The van der Waals surface area contributed by atoms with Crippen LogP contribution in [0.5, 0.6) is 0 Å². The van der Waals surface area contributed by atoms with E-state index in [4.69, 9.17) is 9.72 Å². The van der Waals surface area contributed by atoms with Gasteiger partial charge < -0.3 is 19.3 Å². The third-order valence-electron chi connectivity index (χ3n) is 8.10. The molecule has 0 saturated carbocycles. The van der Waals surface area contributed by atoms with E-state index in [2.05, 4.69) is 0 Å². The summed E-state index contributed by atoms with van der Waals surface area (Å²) in [6, 6.07) is 33.2. The highest BCUT2D eigenvalue weighted by molar-refractivity contribution is 7.99. The van der Waals surface area contributed by atoms with Crippen LogP contribution in [-0.2, 0) is 14.3 Å². The number of carboxylic acids is 1. The van der Waals surface area contributed by atoms with Crippen LogP contribution < -0.4 is 4.90 Å². The number of benzene rings is 4. The van der Waals surface area contributed by atoms with Gasteiger partial charge in [0, 0.05) is 18.0 Å². The third kappa shape index (κ3) is 7.80. The zero-order chi connectivity index (χ0) is 34.3. The van der Waals surface area contributed by atoms with Crippen molar-refractivity contribution in [3.8, 4) is 0 Å². The molecule has 5 rings (SSSR count). The number of hydrogen-bond acceptors (Lipinski definition) is 6. The number of imidazole rings is 1. The van der Waals surface area contributed by atoms with Crippen LogP contribution in [0.3, 0.4) is 0 Å². The van der Waals surface area contributed by atoms with E-state index in [9.17, 15) is 19.5 Å². The van der Waals surface area contributed by atoms with Crippen molar-refractivity contribution in [1.82, 2.24) is 9.55 Å². The minimum absolute atomic E-state index is 0.0906. The SMILES string of the molecule is CCOC(=O)c1ccc(N(CCCSc2nc3ccccc3n2C(C(=O)O)C(C)(C)C)C(=O)C(c2ccccc2)c2ccccc2)cc1. The van der Waals surface area contributed by atoms with E-state index in [1.165, 1.54) is 11.8 Å². The molecule has 48 heavy (non-hydrogen) atoms. The van der Waals surface area contributed by atoms with E-state index in [-0.39, 0.29) is 12.5 Å². The van der Waals surface area contributed by atoms with Crippen molar-refractivity contribution < 1.29 is 24.2 Å². The number of amides is 1. The van der Waals surface area contributed by atoms with Crippen LogP contribution in [0.15, 0.2) is 114 Å². The molecular weight excluding hydrogens is 623 g/mol. The Morgan fingerprint density at radius 2 is 1.44 bits per heavy atom. The monoisotopic (exact) mass is 663 g/mol. The highest BCUT2D eigenvalue weighted by Gasteiger charge is 2.36. The molecule has 5 aromatic rings. The maximum absolute atomic E-state index is 14.6. The van der Waals surface area contributed by atoms with Gasteiger partial charge in [0.05, 0.1) is 29.1 Å². The summed E-state index contributed by atoms with van der Waals surface area (Å²) in [5.74, 6) is -1.37. The minimum atomic E-state index is -0.914. The number of aromatic nitrogens is 2. The fourth-order valence-corrected chi connectivity index (χ4v) is 6.87. The Bertz CT molecular complexity index is 1810. The summed E-state index contributed by atoms with van der Waals surface area (Å²) in [5.41, 5.74) is 3.79. The van der Waals surface area contributed by atoms with E-state index in [0.717, 1.165) is 22.2 Å². The molecule has 0 fully saturated rings. The van der Waals surface area contributed by atoms with Gasteiger partial charge in [-0.2, -0.15) is 0 Å². The standard InChI is InChI=1S/C39H41N3O5S/c1-5-47-37(46)29-21-23-30(24-22-29)41(35(43)33(27-15-8-6-9-16-27)28-17-10-7-11-18-28)25-14-26-48-38-40-31-19-12-13-20-32(31)42(38)34(36(44)45)39(2,3)4/h6-13,15-24,33-34H,5,14,25-26H2,1-4H3,(H,44,45). The number of carboxylic acid groups (broad SMARTS) is 1. The highest BCUT2D eigenvalue weighted by Crippen LogP contribution is 2.38. The van der Waals surface area contributed by atoms with E-state index >= 15 is 0 Å². The number of rotatable bonds is 13. The first-order valence-corrected chi connectivity index (χ1v) is 17.1. The Kier molecular flexibility index (Phi) is 11.0. The highest BCUT2D eigenvalue weighted by atomic mass is 32.2. The Balaban J connectivity index is 1.45. The number of esters is 1. The molecule has 4 aromatic carbocycles. The van der Waals surface area contributed by atoms with Crippen molar-refractivity contribution in [3.63, 3.8) is 0 Å². The average Bonchev–Trinajstić information content (AvgIpc) is 3.42. The van der Waals surface area contributed by atoms with Crippen LogP contribution in [0.25, 0.3) is 11.0 Å². The lowest BCUT2D eigenvalue weighted by molar-refractivity contribution is -0.144. The summed E-state index contributed by atoms with van der Waals surface area (Å²) in [7, 11) is 0. The number of thioether (sulfide) groups is 1. The van der Waals surface area contributed by atoms with Crippen molar-refractivity contribution >= 4 is 46.3 Å². The number of carbonyl (C=O) groups is 3. The van der Waals surface area contributed by atoms with Gasteiger partial charge in [0.2, 0.25) is 5.91 Å². The number of hydrogen-bond donors (Lipinski definition) is 1. The largest absolute Gasteiger partial charge is 0.480 e. The summed E-state index contributed by atoms with van der Waals surface area (Å²) in [6.45, 7) is 8.18. The van der Waals surface area contributed by atoms with Gasteiger partial charge in [0.1, 0.15) is 6.04 Å². The third-order valence-corrected chi connectivity index (χ3v) is 9.14. The molecule has 0 aliphatic rings. The number of para-hydroxylation sites is 2. The van der Waals surface area contributed by atoms with Crippen LogP contribution in [0.2, 0.25) is 0 Å². The topological polar surface area (TPSA) is 102 Å². The van der Waals surface area contributed by atoms with E-state index in [1.807, 2.05) is 110 Å². The smallest absolute Gasteiger partial charge is 0.338 e. The maximum Gasteiger partial charge on any atom is 0.338 e. The summed E-state index contributed by atoms with van der Waals surface area (Å²) < 4.78 is 7.00. The number of nitrogens with zero attached hydrogens (tertiary/aromatic N) is 3. The second kappa shape index (κ2) is 15.3. The fraction of sp³-hybridized carbons (Fsp3) is 0.282. The van der Waals surface area contributed by atoms with Gasteiger partial charge >= 0.3 is 11.9 Å². The van der Waals surface area contributed by atoms with Crippen LogP contribution in [0, 0.1) is 5.41 Å². The molecule has 1 N–H and O–H groups in total. The molecule has 1 aromatic heterocycles. The predicted octanol–water partition coefficient (Wildman–Crippen LogP) is 8.23. The van der Waals surface area contributed by atoms with Gasteiger partial charge in [0.25, 0.3) is 0 Å². The van der Waals surface area contributed by atoms with Gasteiger partial charge in [0.15, 0.2) is 5.16 Å². The molecule has 0 aliphatic heterocycles. The molecule has 1 heterocycles. The molecule has 0 bridgehead atoms. The first kappa shape index (κ1) is 34.4.